The molecule has 0 bridgehead atoms. The molecule has 4 amide bonds. The fourth-order valence-corrected chi connectivity index (χ4v) is 7.05. The number of Topliss-reactive ketones (excluding diaryl/α,β-unsaturated/α-hetero) is 2. The summed E-state index contributed by atoms with van der Waals surface area (Å²) < 4.78 is 0. The van der Waals surface area contributed by atoms with Gasteiger partial charge < -0.3 is 21.3 Å². The molecule has 0 fully saturated rings. The van der Waals surface area contributed by atoms with Crippen molar-refractivity contribution in [1.29, 1.82) is 0 Å². The molecule has 5 aromatic rings. The number of amides is 4. The van der Waals surface area contributed by atoms with E-state index < -0.39 is 47.3 Å². The van der Waals surface area contributed by atoms with Crippen LogP contribution in [0.1, 0.15) is 81.4 Å². The monoisotopic (exact) mass is 942 g/mol. The average molecular weight is 945 g/mol. The lowest BCUT2D eigenvalue weighted by atomic mass is 10.0. The van der Waals surface area contributed by atoms with Gasteiger partial charge in [-0.3, -0.25) is 28.8 Å². The standard InChI is InChI=1S/C46H42Cl4N8O6/c1-23-24(2)38(52-46(64)42(28(6)60)58-56-34-20-30(18-32(50)22-34)44(62)54-40-14-10-8-12-36(40)26(4)48)16-15-37(23)51-45(63)41(27(5)59)57-55-33-19-29(17-31(49)21-33)43(61)53-39-13-9-7-11-35(39)25(3)47/h7-22,25-26,41-42H,1-6H3,(H,51,63)(H,52,64)(H,53,61)(H,54,62). The zero-order chi connectivity index (χ0) is 46.8. The number of azo groups is 2. The summed E-state index contributed by atoms with van der Waals surface area (Å²) in [5.41, 5.74) is 4.66. The second-order valence-electron chi connectivity index (χ2n) is 14.6. The highest BCUT2D eigenvalue weighted by atomic mass is 35.5. The van der Waals surface area contributed by atoms with Gasteiger partial charge in [0, 0.05) is 43.9 Å². The number of carbonyl (C=O) groups excluding carboxylic acids is 6. The number of halogens is 4. The minimum Gasteiger partial charge on any atom is -0.324 e. The molecule has 64 heavy (non-hydrogen) atoms. The zero-order valence-electron chi connectivity index (χ0n) is 35.3. The largest absolute Gasteiger partial charge is 0.324 e. The van der Waals surface area contributed by atoms with Crippen LogP contribution in [-0.4, -0.2) is 47.3 Å². The minimum atomic E-state index is -1.57. The number of ketones is 2. The Morgan fingerprint density at radius 1 is 0.500 bits per heavy atom. The summed E-state index contributed by atoms with van der Waals surface area (Å²) in [6.07, 6.45) is 0. The lowest BCUT2D eigenvalue weighted by molar-refractivity contribution is -0.127. The normalized spacial score (nSPS) is 13.2. The van der Waals surface area contributed by atoms with Crippen molar-refractivity contribution in [3.63, 3.8) is 0 Å². The molecule has 5 rings (SSSR count). The van der Waals surface area contributed by atoms with E-state index in [1.165, 1.54) is 62.4 Å². The molecule has 5 aromatic carbocycles. The highest BCUT2D eigenvalue weighted by Gasteiger charge is 2.27. The van der Waals surface area contributed by atoms with Crippen molar-refractivity contribution in [2.24, 2.45) is 20.5 Å². The Morgan fingerprint density at radius 2 is 0.859 bits per heavy atom. The Balaban J connectivity index is 1.27. The van der Waals surface area contributed by atoms with Crippen LogP contribution >= 0.6 is 46.4 Å². The summed E-state index contributed by atoms with van der Waals surface area (Å²) >= 11 is 25.2. The second kappa shape index (κ2) is 21.8. The molecule has 4 N–H and O–H groups in total. The highest BCUT2D eigenvalue weighted by molar-refractivity contribution is 6.32. The van der Waals surface area contributed by atoms with Crippen molar-refractivity contribution in [2.75, 3.05) is 21.3 Å². The first-order valence-electron chi connectivity index (χ1n) is 19.6. The molecule has 0 saturated carbocycles. The molecule has 14 nitrogen and oxygen atoms in total. The van der Waals surface area contributed by atoms with Gasteiger partial charge in [0.1, 0.15) is 0 Å². The SMILES string of the molecule is CC(=O)C(N=Nc1cc(Cl)cc(C(=O)Nc2ccccc2C(C)Cl)c1)C(=O)Nc1ccc(NC(=O)C(N=Nc2cc(Cl)cc(C(=O)Nc3ccccc3C(C)Cl)c2)C(C)=O)c(C)c1C. The molecule has 330 valence electrons. The van der Waals surface area contributed by atoms with Crippen molar-refractivity contribution in [3.8, 4) is 0 Å². The quantitative estimate of drug-likeness (QED) is 0.0431. The van der Waals surface area contributed by atoms with E-state index in [1.807, 2.05) is 0 Å². The Bertz CT molecular complexity index is 2520. The van der Waals surface area contributed by atoms with Gasteiger partial charge in [-0.2, -0.15) is 20.5 Å². The smallest absolute Gasteiger partial charge is 0.258 e. The van der Waals surface area contributed by atoms with Crippen LogP contribution in [0, 0.1) is 13.8 Å². The fraction of sp³-hybridized carbons (Fsp3) is 0.217. The molecule has 0 aromatic heterocycles. The number of rotatable bonds is 16. The number of hydrogen-bond acceptors (Lipinski definition) is 10. The maximum Gasteiger partial charge on any atom is 0.258 e. The van der Waals surface area contributed by atoms with Gasteiger partial charge in [0.05, 0.1) is 22.1 Å². The van der Waals surface area contributed by atoms with Crippen LogP contribution < -0.4 is 21.3 Å². The molecular weight excluding hydrogens is 902 g/mol. The summed E-state index contributed by atoms with van der Waals surface area (Å²) in [5.74, 6) is -3.81. The van der Waals surface area contributed by atoms with Gasteiger partial charge in [-0.05, 0) is 124 Å². The Labute approximate surface area is 389 Å². The Hall–Kier alpha value is -6.32. The van der Waals surface area contributed by atoms with Gasteiger partial charge in [-0.1, -0.05) is 59.6 Å². The van der Waals surface area contributed by atoms with E-state index in [9.17, 15) is 28.8 Å². The third kappa shape index (κ3) is 12.7. The number of nitrogens with one attached hydrogen (secondary N) is 4. The summed E-state index contributed by atoms with van der Waals surface area (Å²) in [4.78, 5) is 78.5. The molecule has 4 atom stereocenters. The van der Waals surface area contributed by atoms with E-state index in [1.54, 1.807) is 76.2 Å². The van der Waals surface area contributed by atoms with Crippen molar-refractivity contribution >= 4 is 116 Å². The van der Waals surface area contributed by atoms with Crippen molar-refractivity contribution < 1.29 is 28.8 Å². The Morgan fingerprint density at radius 3 is 1.20 bits per heavy atom. The van der Waals surface area contributed by atoms with Gasteiger partial charge in [0.2, 0.25) is 12.1 Å². The van der Waals surface area contributed by atoms with Crippen LogP contribution in [0.5, 0.6) is 0 Å². The molecule has 0 spiro atoms. The maximum atomic E-state index is 13.4. The van der Waals surface area contributed by atoms with Crippen molar-refractivity contribution in [2.45, 2.75) is 64.4 Å². The molecule has 0 heterocycles. The lowest BCUT2D eigenvalue weighted by Gasteiger charge is -2.17. The Kier molecular flexibility index (Phi) is 16.6. The molecule has 4 unspecified atom stereocenters. The van der Waals surface area contributed by atoms with Crippen LogP contribution in [0.4, 0.5) is 34.1 Å². The van der Waals surface area contributed by atoms with Crippen LogP contribution in [0.2, 0.25) is 10.0 Å². The van der Waals surface area contributed by atoms with E-state index in [0.29, 0.717) is 33.9 Å². The van der Waals surface area contributed by atoms with Crippen molar-refractivity contribution in [1.82, 2.24) is 0 Å². The number of anilines is 4. The first-order chi connectivity index (χ1) is 30.3. The molecule has 0 saturated heterocycles. The summed E-state index contributed by atoms with van der Waals surface area (Å²) in [6, 6.07) is 22.5. The number of nitrogens with zero attached hydrogens (tertiary/aromatic N) is 4. The summed E-state index contributed by atoms with van der Waals surface area (Å²) in [5, 5.41) is 26.7. The van der Waals surface area contributed by atoms with E-state index in [0.717, 1.165) is 11.1 Å². The molecule has 0 aliphatic carbocycles. The first kappa shape index (κ1) is 48.7. The summed E-state index contributed by atoms with van der Waals surface area (Å²) in [7, 11) is 0. The van der Waals surface area contributed by atoms with E-state index >= 15 is 0 Å². The van der Waals surface area contributed by atoms with Gasteiger partial charge >= 0.3 is 0 Å². The van der Waals surface area contributed by atoms with Gasteiger partial charge in [-0.15, -0.1) is 23.2 Å². The van der Waals surface area contributed by atoms with E-state index in [2.05, 4.69) is 41.7 Å². The van der Waals surface area contributed by atoms with Gasteiger partial charge in [0.25, 0.3) is 23.6 Å². The number of para-hydroxylation sites is 2. The van der Waals surface area contributed by atoms with Crippen LogP contribution in [-0.2, 0) is 19.2 Å². The van der Waals surface area contributed by atoms with Gasteiger partial charge in [-0.25, -0.2) is 0 Å². The van der Waals surface area contributed by atoms with Crippen LogP contribution in [0.25, 0.3) is 0 Å². The molecule has 18 heteroatoms. The topological polar surface area (TPSA) is 200 Å². The lowest BCUT2D eigenvalue weighted by Crippen LogP contribution is -2.33. The maximum absolute atomic E-state index is 13.4. The van der Waals surface area contributed by atoms with Crippen LogP contribution in [0.3, 0.4) is 0 Å². The predicted octanol–water partition coefficient (Wildman–Crippen LogP) is 12.1. The van der Waals surface area contributed by atoms with Crippen molar-refractivity contribution in [3.05, 3.63) is 140 Å². The van der Waals surface area contributed by atoms with Gasteiger partial charge in [0.15, 0.2) is 11.6 Å². The highest BCUT2D eigenvalue weighted by Crippen LogP contribution is 2.31. The van der Waals surface area contributed by atoms with E-state index in [4.69, 9.17) is 46.4 Å². The van der Waals surface area contributed by atoms with Crippen LogP contribution in [0.15, 0.2) is 118 Å². The summed E-state index contributed by atoms with van der Waals surface area (Å²) in [6.45, 7) is 9.29. The fourth-order valence-electron chi connectivity index (χ4n) is 6.21. The molecular formula is C46H42Cl4N8O6. The number of benzene rings is 5. The third-order valence-electron chi connectivity index (χ3n) is 9.71. The second-order valence-corrected chi connectivity index (χ2v) is 16.7. The zero-order valence-corrected chi connectivity index (χ0v) is 38.3. The number of alkyl halides is 2. The molecule has 0 radical (unpaired) electrons. The predicted molar refractivity (Wildman–Crippen MR) is 251 cm³/mol. The molecule has 0 aliphatic rings. The first-order valence-corrected chi connectivity index (χ1v) is 21.2. The average Bonchev–Trinajstić information content (AvgIpc) is 3.23. The molecule has 0 aliphatic heterocycles. The minimum absolute atomic E-state index is 0.117. The number of carbonyl (C=O) groups is 6. The van der Waals surface area contributed by atoms with E-state index in [-0.39, 0.29) is 43.3 Å². The number of hydrogen-bond donors (Lipinski definition) is 4. The third-order valence-corrected chi connectivity index (χ3v) is 10.6.